The molecule has 2 aromatic rings. The molecule has 2 fully saturated rings. The van der Waals surface area contributed by atoms with Crippen LogP contribution < -0.4 is 0 Å². The Labute approximate surface area is 260 Å². The van der Waals surface area contributed by atoms with Crippen molar-refractivity contribution >= 4 is 35.0 Å². The standard InChI is InChI=1S/C30H32Cl2F6N2O4/c31-23-7-5-19(17-21(23)29(33,34)35)27(43)9-13-39(14-10-27)25(41)3-1-2-4-26(42)40-15-11-28(44,12-16-40)20-6-8-24(32)22(18-20)30(36,37)38/h5-8,17-18,43-44H,1-4,9-16H2. The van der Waals surface area contributed by atoms with Gasteiger partial charge in [0.15, 0.2) is 0 Å². The average Bonchev–Trinajstić information content (AvgIpc) is 2.95. The molecule has 2 aliphatic rings. The Morgan fingerprint density at radius 2 is 0.977 bits per heavy atom. The van der Waals surface area contributed by atoms with Crippen molar-refractivity contribution in [3.8, 4) is 0 Å². The Morgan fingerprint density at radius 3 is 1.27 bits per heavy atom. The van der Waals surface area contributed by atoms with Crippen molar-refractivity contribution in [1.29, 1.82) is 0 Å². The fourth-order valence-electron chi connectivity index (χ4n) is 5.76. The molecule has 6 nitrogen and oxygen atoms in total. The fraction of sp³-hybridized carbons (Fsp3) is 0.533. The number of unbranched alkanes of at least 4 members (excludes halogenated alkanes) is 1. The van der Waals surface area contributed by atoms with Crippen molar-refractivity contribution in [1.82, 2.24) is 9.80 Å². The number of likely N-dealkylation sites (tertiary alicyclic amines) is 2. The fourth-order valence-corrected chi connectivity index (χ4v) is 6.21. The van der Waals surface area contributed by atoms with Crippen molar-refractivity contribution in [2.45, 2.75) is 74.9 Å². The number of hydrogen-bond donors (Lipinski definition) is 2. The van der Waals surface area contributed by atoms with Crippen molar-refractivity contribution in [3.63, 3.8) is 0 Å². The summed E-state index contributed by atoms with van der Waals surface area (Å²) in [4.78, 5) is 28.5. The van der Waals surface area contributed by atoms with E-state index >= 15 is 0 Å². The topological polar surface area (TPSA) is 81.1 Å². The predicted octanol–water partition coefficient (Wildman–Crippen LogP) is 6.91. The minimum absolute atomic E-state index is 0.0605. The van der Waals surface area contributed by atoms with Gasteiger partial charge in [-0.3, -0.25) is 9.59 Å². The van der Waals surface area contributed by atoms with Gasteiger partial charge in [0.2, 0.25) is 11.8 Å². The third-order valence-electron chi connectivity index (χ3n) is 8.54. The summed E-state index contributed by atoms with van der Waals surface area (Å²) in [5.74, 6) is -0.369. The van der Waals surface area contributed by atoms with Gasteiger partial charge in [-0.25, -0.2) is 0 Å². The number of piperidine rings is 2. The van der Waals surface area contributed by atoms with Crippen LogP contribution in [0.15, 0.2) is 36.4 Å². The third kappa shape index (κ3) is 7.81. The number of halogens is 8. The molecule has 0 aliphatic carbocycles. The lowest BCUT2D eigenvalue weighted by molar-refractivity contribution is -0.139. The predicted molar refractivity (Wildman–Crippen MR) is 151 cm³/mol. The summed E-state index contributed by atoms with van der Waals surface area (Å²) in [5.41, 5.74) is -4.92. The molecule has 0 bridgehead atoms. The molecule has 2 heterocycles. The van der Waals surface area contributed by atoms with Gasteiger partial charge < -0.3 is 20.0 Å². The molecule has 14 heteroatoms. The van der Waals surface area contributed by atoms with Crippen LogP contribution in [0.5, 0.6) is 0 Å². The van der Waals surface area contributed by atoms with E-state index in [1.54, 1.807) is 9.80 Å². The molecule has 0 atom stereocenters. The van der Waals surface area contributed by atoms with E-state index in [1.165, 1.54) is 12.1 Å². The Morgan fingerprint density at radius 1 is 0.659 bits per heavy atom. The number of nitrogens with zero attached hydrogens (tertiary/aromatic N) is 2. The second kappa shape index (κ2) is 13.1. The van der Waals surface area contributed by atoms with Crippen molar-refractivity contribution in [2.24, 2.45) is 0 Å². The lowest BCUT2D eigenvalue weighted by atomic mass is 9.83. The Bertz CT molecular complexity index is 1260. The minimum atomic E-state index is -4.67. The van der Waals surface area contributed by atoms with E-state index in [2.05, 4.69) is 0 Å². The minimum Gasteiger partial charge on any atom is -0.385 e. The number of carbonyl (C=O) groups is 2. The van der Waals surface area contributed by atoms with Crippen LogP contribution in [0.3, 0.4) is 0 Å². The molecule has 4 rings (SSSR count). The zero-order valence-electron chi connectivity index (χ0n) is 23.6. The summed E-state index contributed by atoms with van der Waals surface area (Å²) in [5, 5.41) is 21.1. The summed E-state index contributed by atoms with van der Waals surface area (Å²) < 4.78 is 79.5. The summed E-state index contributed by atoms with van der Waals surface area (Å²) in [6, 6.07) is 6.62. The summed E-state index contributed by atoms with van der Waals surface area (Å²) in [7, 11) is 0. The van der Waals surface area contributed by atoms with Crippen molar-refractivity contribution < 1.29 is 46.1 Å². The van der Waals surface area contributed by atoms with E-state index in [9.17, 15) is 46.1 Å². The number of rotatable bonds is 7. The third-order valence-corrected chi connectivity index (χ3v) is 9.20. The van der Waals surface area contributed by atoms with Crippen LogP contribution in [-0.2, 0) is 33.1 Å². The van der Waals surface area contributed by atoms with Crippen LogP contribution in [0.1, 0.15) is 73.6 Å². The van der Waals surface area contributed by atoms with Gasteiger partial charge in [0, 0.05) is 39.0 Å². The maximum Gasteiger partial charge on any atom is 0.417 e. The second-order valence-electron chi connectivity index (χ2n) is 11.4. The van der Waals surface area contributed by atoms with Crippen LogP contribution in [0.25, 0.3) is 0 Å². The number of carbonyl (C=O) groups excluding carboxylic acids is 2. The average molecular weight is 669 g/mol. The van der Waals surface area contributed by atoms with Gasteiger partial charge in [-0.2, -0.15) is 26.3 Å². The molecule has 0 spiro atoms. The summed E-state index contributed by atoms with van der Waals surface area (Å²) >= 11 is 11.4. The first kappa shape index (κ1) is 34.3. The molecule has 2 saturated heterocycles. The highest BCUT2D eigenvalue weighted by Crippen LogP contribution is 2.41. The van der Waals surface area contributed by atoms with E-state index in [4.69, 9.17) is 23.2 Å². The molecule has 242 valence electrons. The molecule has 2 aromatic carbocycles. The number of aliphatic hydroxyl groups is 2. The normalized spacial score (nSPS) is 18.8. The number of hydrogen-bond acceptors (Lipinski definition) is 4. The molecule has 2 N–H and O–H groups in total. The van der Waals surface area contributed by atoms with Gasteiger partial charge in [0.25, 0.3) is 0 Å². The van der Waals surface area contributed by atoms with E-state index < -0.39 is 44.7 Å². The lowest BCUT2D eigenvalue weighted by Gasteiger charge is -2.39. The van der Waals surface area contributed by atoms with Crippen LogP contribution in [0.2, 0.25) is 10.0 Å². The van der Waals surface area contributed by atoms with E-state index in [0.29, 0.717) is 12.8 Å². The lowest BCUT2D eigenvalue weighted by Crippen LogP contribution is -2.45. The zero-order chi connectivity index (χ0) is 32.5. The maximum atomic E-state index is 13.3. The van der Waals surface area contributed by atoms with E-state index in [1.807, 2.05) is 0 Å². The molecule has 0 saturated carbocycles. The molecule has 0 aromatic heterocycles. The Hall–Kier alpha value is -2.54. The molecule has 2 aliphatic heterocycles. The molecule has 44 heavy (non-hydrogen) atoms. The van der Waals surface area contributed by atoms with Crippen LogP contribution in [0, 0.1) is 0 Å². The molecular weight excluding hydrogens is 637 g/mol. The van der Waals surface area contributed by atoms with Gasteiger partial charge in [-0.15, -0.1) is 0 Å². The first-order valence-electron chi connectivity index (χ1n) is 14.2. The van der Waals surface area contributed by atoms with Gasteiger partial charge in [-0.05, 0) is 73.9 Å². The van der Waals surface area contributed by atoms with Crippen molar-refractivity contribution in [3.05, 3.63) is 68.7 Å². The number of benzene rings is 2. The maximum absolute atomic E-state index is 13.3. The smallest absolute Gasteiger partial charge is 0.385 e. The SMILES string of the molecule is O=C(CCCCC(=O)N1CCC(O)(c2ccc(Cl)c(C(F)(F)F)c2)CC1)N1CCC(O)(c2ccc(Cl)c(C(F)(F)F)c2)CC1. The molecule has 2 amide bonds. The number of amides is 2. The van der Waals surface area contributed by atoms with E-state index in [-0.39, 0.29) is 87.6 Å². The van der Waals surface area contributed by atoms with Crippen LogP contribution in [0.4, 0.5) is 26.3 Å². The molecular formula is C30H32Cl2F6N2O4. The quantitative estimate of drug-likeness (QED) is 0.248. The van der Waals surface area contributed by atoms with Crippen molar-refractivity contribution in [2.75, 3.05) is 26.2 Å². The largest absolute Gasteiger partial charge is 0.417 e. The first-order valence-corrected chi connectivity index (χ1v) is 14.9. The highest BCUT2D eigenvalue weighted by Gasteiger charge is 2.40. The van der Waals surface area contributed by atoms with Gasteiger partial charge in [-0.1, -0.05) is 35.3 Å². The molecule has 0 unspecified atom stereocenters. The Kier molecular flexibility index (Phi) is 10.2. The Balaban J connectivity index is 1.20. The van der Waals surface area contributed by atoms with Crippen LogP contribution in [-0.4, -0.2) is 58.0 Å². The van der Waals surface area contributed by atoms with E-state index in [0.717, 1.165) is 24.3 Å². The van der Waals surface area contributed by atoms with Crippen LogP contribution >= 0.6 is 23.2 Å². The number of alkyl halides is 6. The zero-order valence-corrected chi connectivity index (χ0v) is 25.1. The van der Waals surface area contributed by atoms with Gasteiger partial charge in [0.1, 0.15) is 0 Å². The first-order chi connectivity index (χ1) is 20.4. The van der Waals surface area contributed by atoms with Gasteiger partial charge >= 0.3 is 12.4 Å². The highest BCUT2D eigenvalue weighted by atomic mass is 35.5. The molecule has 0 radical (unpaired) electrons. The summed E-state index contributed by atoms with van der Waals surface area (Å²) in [6.07, 6.45) is -7.95. The monoisotopic (exact) mass is 668 g/mol. The highest BCUT2D eigenvalue weighted by molar-refractivity contribution is 6.31. The summed E-state index contributed by atoms with van der Waals surface area (Å²) in [6.45, 7) is 0.639. The second-order valence-corrected chi connectivity index (χ2v) is 12.2. The van der Waals surface area contributed by atoms with Gasteiger partial charge in [0.05, 0.1) is 32.4 Å².